The highest BCUT2D eigenvalue weighted by molar-refractivity contribution is 5.92. The van der Waals surface area contributed by atoms with Gasteiger partial charge in [-0.15, -0.1) is 0 Å². The molecule has 0 radical (unpaired) electrons. The van der Waals surface area contributed by atoms with Gasteiger partial charge in [-0.3, -0.25) is 0 Å². The molecule has 0 unspecified atom stereocenters. The van der Waals surface area contributed by atoms with E-state index in [0.717, 1.165) is 77.0 Å². The third-order valence-corrected chi connectivity index (χ3v) is 10.8. The first kappa shape index (κ1) is 52.3. The van der Waals surface area contributed by atoms with Gasteiger partial charge in [0.05, 0.1) is 36.5 Å². The molecule has 4 aromatic rings. The summed E-state index contributed by atoms with van der Waals surface area (Å²) in [6, 6.07) is 10.6. The van der Waals surface area contributed by atoms with Crippen LogP contribution in [0.2, 0.25) is 0 Å². The molecule has 0 fully saturated rings. The van der Waals surface area contributed by atoms with Gasteiger partial charge in [0.15, 0.2) is 17.5 Å². The normalized spacial score (nSPS) is 10.9. The van der Waals surface area contributed by atoms with Gasteiger partial charge in [-0.2, -0.15) is 0 Å². The summed E-state index contributed by atoms with van der Waals surface area (Å²) in [4.78, 5) is 55.0. The van der Waals surface area contributed by atoms with Crippen LogP contribution in [-0.4, -0.2) is 52.7 Å². The van der Waals surface area contributed by atoms with E-state index >= 15 is 0 Å². The highest BCUT2D eigenvalue weighted by atomic mass is 16.5. The van der Waals surface area contributed by atoms with E-state index in [4.69, 9.17) is 43.4 Å². The summed E-state index contributed by atoms with van der Waals surface area (Å²) in [6.45, 7) is 29.4. The number of esters is 3. The zero-order valence-electron chi connectivity index (χ0n) is 40.7. The highest BCUT2D eigenvalue weighted by Gasteiger charge is 2.27. The van der Waals surface area contributed by atoms with Gasteiger partial charge >= 0.3 is 17.9 Å². The molecule has 0 aliphatic carbocycles. The Bertz CT molecular complexity index is 2110. The van der Waals surface area contributed by atoms with Gasteiger partial charge in [0, 0.05) is 33.4 Å². The lowest BCUT2D eigenvalue weighted by Gasteiger charge is -2.20. The average molecular weight is 904 g/mol. The quantitative estimate of drug-likeness (QED) is 0.0243. The molecule has 12 heteroatoms. The molecule has 0 bridgehead atoms. The van der Waals surface area contributed by atoms with E-state index in [9.17, 15) is 14.4 Å². The van der Waals surface area contributed by atoms with Crippen LogP contribution < -0.4 is 28.4 Å². The number of carbonyl (C=O) groups is 3. The number of unbranched alkanes of at least 4 members (excludes halogenated alkanes) is 9. The lowest BCUT2D eigenvalue weighted by molar-refractivity contribution is -0.130. The molecular formula is C54H69N3O9. The second-order valence-corrected chi connectivity index (χ2v) is 16.7. The molecule has 354 valence electrons. The van der Waals surface area contributed by atoms with E-state index in [0.29, 0.717) is 70.4 Å². The number of benzene rings is 3. The largest absolute Gasteiger partial charge is 0.493 e. The summed E-state index contributed by atoms with van der Waals surface area (Å²) < 4.78 is 36.9. The van der Waals surface area contributed by atoms with Crippen LogP contribution in [0.4, 0.5) is 0 Å². The summed E-state index contributed by atoms with van der Waals surface area (Å²) in [5, 5.41) is 0. The van der Waals surface area contributed by atoms with E-state index in [-0.39, 0.29) is 51.4 Å². The van der Waals surface area contributed by atoms with Gasteiger partial charge < -0.3 is 28.4 Å². The lowest BCUT2D eigenvalue weighted by Crippen LogP contribution is -2.13. The van der Waals surface area contributed by atoms with Crippen molar-refractivity contribution in [3.8, 4) is 68.7 Å². The van der Waals surface area contributed by atoms with Crippen LogP contribution in [0.3, 0.4) is 0 Å². The molecule has 1 aromatic heterocycles. The van der Waals surface area contributed by atoms with Crippen molar-refractivity contribution in [2.45, 2.75) is 139 Å². The Balaban J connectivity index is 2.06. The van der Waals surface area contributed by atoms with E-state index in [1.54, 1.807) is 77.9 Å². The molecule has 0 aliphatic rings. The third-order valence-electron chi connectivity index (χ3n) is 10.8. The number of hydrogen-bond donors (Lipinski definition) is 0. The van der Waals surface area contributed by atoms with Crippen LogP contribution >= 0.6 is 0 Å². The maximum atomic E-state index is 13.3. The summed E-state index contributed by atoms with van der Waals surface area (Å²) in [5.41, 5.74) is 3.17. The molecule has 66 heavy (non-hydrogen) atoms. The SMILES string of the molecule is C=C(C)C(=O)Oc1c(-c2nc(-c3ccc(OCCCCCC)c(C)c3OC(=O)C(=C)C)nc(-c3ccc(OCCCCCC)c(C)c3OC(=O)C(=C)C)n2)ccc(OCCCCCC)c1C. The Morgan fingerprint density at radius 3 is 0.909 bits per heavy atom. The van der Waals surface area contributed by atoms with Crippen molar-refractivity contribution in [3.05, 3.63) is 89.5 Å². The van der Waals surface area contributed by atoms with Crippen LogP contribution in [0.5, 0.6) is 34.5 Å². The van der Waals surface area contributed by atoms with Crippen molar-refractivity contribution in [1.82, 2.24) is 15.0 Å². The molecular weight excluding hydrogens is 835 g/mol. The number of hydrogen-bond acceptors (Lipinski definition) is 12. The Hall–Kier alpha value is -6.30. The first-order valence-corrected chi connectivity index (χ1v) is 23.3. The molecule has 0 saturated heterocycles. The van der Waals surface area contributed by atoms with Crippen molar-refractivity contribution in [3.63, 3.8) is 0 Å². The zero-order valence-corrected chi connectivity index (χ0v) is 40.7. The minimum Gasteiger partial charge on any atom is -0.493 e. The van der Waals surface area contributed by atoms with Gasteiger partial charge in [-0.05, 0) is 97.2 Å². The van der Waals surface area contributed by atoms with Crippen molar-refractivity contribution in [2.24, 2.45) is 0 Å². The van der Waals surface area contributed by atoms with Gasteiger partial charge in [-0.25, -0.2) is 29.3 Å². The number of aromatic nitrogens is 3. The average Bonchev–Trinajstić information content (AvgIpc) is 3.29. The molecule has 0 N–H and O–H groups in total. The van der Waals surface area contributed by atoms with Gasteiger partial charge in [0.25, 0.3) is 0 Å². The van der Waals surface area contributed by atoms with Gasteiger partial charge in [0.2, 0.25) is 0 Å². The fraction of sp³-hybridized carbons (Fsp3) is 0.444. The van der Waals surface area contributed by atoms with Crippen LogP contribution in [0, 0.1) is 20.8 Å². The third kappa shape index (κ3) is 14.3. The second kappa shape index (κ2) is 26.0. The molecule has 3 aromatic carbocycles. The van der Waals surface area contributed by atoms with Crippen LogP contribution in [0.15, 0.2) is 72.9 Å². The summed E-state index contributed by atoms with van der Waals surface area (Å²) in [7, 11) is 0. The van der Waals surface area contributed by atoms with Gasteiger partial charge in [0.1, 0.15) is 34.5 Å². The Kier molecular flexibility index (Phi) is 20.6. The fourth-order valence-corrected chi connectivity index (χ4v) is 6.82. The maximum absolute atomic E-state index is 13.3. The Labute approximate surface area is 391 Å². The highest BCUT2D eigenvalue weighted by Crippen LogP contribution is 2.43. The first-order chi connectivity index (χ1) is 31.6. The molecule has 0 saturated carbocycles. The van der Waals surface area contributed by atoms with Gasteiger partial charge in [-0.1, -0.05) is 98.3 Å². The fourth-order valence-electron chi connectivity index (χ4n) is 6.82. The molecule has 0 spiro atoms. The molecule has 12 nitrogen and oxygen atoms in total. The number of carbonyl (C=O) groups excluding carboxylic acids is 3. The van der Waals surface area contributed by atoms with Crippen LogP contribution in [0.25, 0.3) is 34.2 Å². The molecule has 1 heterocycles. The Morgan fingerprint density at radius 2 is 0.682 bits per heavy atom. The van der Waals surface area contributed by atoms with Crippen LogP contribution in [0.1, 0.15) is 135 Å². The predicted molar refractivity (Wildman–Crippen MR) is 261 cm³/mol. The molecule has 0 atom stereocenters. The van der Waals surface area contributed by atoms with E-state index < -0.39 is 17.9 Å². The summed E-state index contributed by atoms with van der Waals surface area (Å²) in [5.74, 6) is 0.370. The summed E-state index contributed by atoms with van der Waals surface area (Å²) in [6.07, 6.45) is 12.2. The lowest BCUT2D eigenvalue weighted by atomic mass is 10.0. The number of nitrogens with zero attached hydrogens (tertiary/aromatic N) is 3. The molecule has 0 aliphatic heterocycles. The monoisotopic (exact) mass is 904 g/mol. The van der Waals surface area contributed by atoms with Crippen molar-refractivity contribution in [2.75, 3.05) is 19.8 Å². The van der Waals surface area contributed by atoms with Crippen molar-refractivity contribution < 1.29 is 42.8 Å². The number of ether oxygens (including phenoxy) is 6. The predicted octanol–water partition coefficient (Wildman–Crippen LogP) is 13.1. The van der Waals surface area contributed by atoms with Crippen molar-refractivity contribution in [1.29, 1.82) is 0 Å². The Morgan fingerprint density at radius 1 is 0.424 bits per heavy atom. The maximum Gasteiger partial charge on any atom is 0.338 e. The summed E-state index contributed by atoms with van der Waals surface area (Å²) >= 11 is 0. The van der Waals surface area contributed by atoms with Crippen LogP contribution in [-0.2, 0) is 14.4 Å². The van der Waals surface area contributed by atoms with E-state index in [2.05, 4.69) is 40.5 Å². The molecule has 4 rings (SSSR count). The second-order valence-electron chi connectivity index (χ2n) is 16.7. The zero-order chi connectivity index (χ0) is 48.3. The minimum atomic E-state index is -0.654. The number of rotatable bonds is 27. The topological polar surface area (TPSA) is 145 Å². The smallest absolute Gasteiger partial charge is 0.338 e. The first-order valence-electron chi connectivity index (χ1n) is 23.3. The van der Waals surface area contributed by atoms with E-state index in [1.165, 1.54) is 0 Å². The van der Waals surface area contributed by atoms with E-state index in [1.807, 2.05) is 0 Å². The minimum absolute atomic E-state index is 0.0919. The molecule has 0 amide bonds. The standard InChI is InChI=1S/C54H69N3O9/c1-13-16-19-22-31-61-43-28-25-40(46(37(43)10)64-52(58)34(4)5)49-55-50(41-26-29-44(62-32-23-20-17-14-2)38(11)47(41)65-53(59)35(6)7)57-51(56-49)42-27-30-45(63-33-24-21-18-15-3)39(12)48(42)66-54(60)36(8)9/h25-30H,4,6,8,13-24,31-33H2,1-3,5,7,9-12H3. The van der Waals surface area contributed by atoms with Crippen molar-refractivity contribution >= 4 is 17.9 Å².